The topological polar surface area (TPSA) is 71.1 Å². The summed E-state index contributed by atoms with van der Waals surface area (Å²) in [4.78, 5) is 10.1. The van der Waals surface area contributed by atoms with Crippen LogP contribution in [0.25, 0.3) is 0 Å². The van der Waals surface area contributed by atoms with Crippen molar-refractivity contribution < 1.29 is 4.92 Å². The van der Waals surface area contributed by atoms with Crippen LogP contribution >= 0.6 is 0 Å². The fraction of sp³-hybridized carbons (Fsp3) is 0.0769. The van der Waals surface area contributed by atoms with Crippen molar-refractivity contribution in [3.8, 4) is 0 Å². The molecule has 2 aromatic rings. The first-order chi connectivity index (χ1) is 9.16. The molecule has 0 radical (unpaired) electrons. The monoisotopic (exact) mass is 256 g/mol. The Bertz CT molecular complexity index is 581. The van der Waals surface area contributed by atoms with E-state index >= 15 is 0 Å². The Morgan fingerprint density at radius 1 is 1.05 bits per heavy atom. The summed E-state index contributed by atoms with van der Waals surface area (Å²) < 4.78 is 0. The molecule has 0 bridgehead atoms. The number of nitrogens with zero attached hydrogens (tertiary/aromatic N) is 4. The van der Waals surface area contributed by atoms with Crippen molar-refractivity contribution in [1.29, 1.82) is 0 Å². The Morgan fingerprint density at radius 3 is 2.26 bits per heavy atom. The van der Waals surface area contributed by atoms with Gasteiger partial charge in [0.2, 0.25) is 0 Å². The maximum absolute atomic E-state index is 10.5. The lowest BCUT2D eigenvalue weighted by Crippen LogP contribution is -2.06. The molecule has 6 heteroatoms. The Kier molecular flexibility index (Phi) is 3.82. The maximum atomic E-state index is 10.5. The number of benzene rings is 2. The van der Waals surface area contributed by atoms with Gasteiger partial charge in [0.1, 0.15) is 0 Å². The van der Waals surface area contributed by atoms with E-state index in [-0.39, 0.29) is 5.69 Å². The summed E-state index contributed by atoms with van der Waals surface area (Å²) in [5.41, 5.74) is 1.51. The first-order valence-electron chi connectivity index (χ1n) is 5.62. The number of hydrogen-bond donors (Lipinski definition) is 0. The minimum absolute atomic E-state index is 0.0374. The number of hydrogen-bond acceptors (Lipinski definition) is 4. The van der Waals surface area contributed by atoms with Crippen molar-refractivity contribution in [3.63, 3.8) is 0 Å². The van der Waals surface area contributed by atoms with Crippen LogP contribution in [-0.2, 0) is 0 Å². The Balaban J connectivity index is 2.08. The molecule has 19 heavy (non-hydrogen) atoms. The number of non-ortho nitro benzene ring substituents is 1. The van der Waals surface area contributed by atoms with Crippen molar-refractivity contribution in [2.24, 2.45) is 10.3 Å². The zero-order valence-corrected chi connectivity index (χ0v) is 10.3. The molecule has 96 valence electrons. The molecule has 0 aromatic heterocycles. The second-order valence-corrected chi connectivity index (χ2v) is 3.82. The quantitative estimate of drug-likeness (QED) is 0.475. The highest BCUT2D eigenvalue weighted by Gasteiger charge is 2.03. The van der Waals surface area contributed by atoms with Crippen LogP contribution in [-0.4, -0.2) is 12.0 Å². The molecule has 0 N–H and O–H groups in total. The van der Waals surface area contributed by atoms with Crippen molar-refractivity contribution in [2.75, 3.05) is 12.1 Å². The molecule has 2 rings (SSSR count). The van der Waals surface area contributed by atoms with E-state index in [1.54, 1.807) is 24.2 Å². The molecule has 0 aliphatic carbocycles. The third-order valence-corrected chi connectivity index (χ3v) is 2.48. The Hall–Kier alpha value is -2.76. The summed E-state index contributed by atoms with van der Waals surface area (Å²) in [5, 5.41) is 20.2. The normalized spacial score (nSPS) is 10.6. The molecule has 0 saturated carbocycles. The zero-order chi connectivity index (χ0) is 13.7. The molecule has 0 fully saturated rings. The van der Waals surface area contributed by atoms with Gasteiger partial charge in [0, 0.05) is 19.2 Å². The van der Waals surface area contributed by atoms with Crippen LogP contribution < -0.4 is 5.01 Å². The predicted molar refractivity (Wildman–Crippen MR) is 72.5 cm³/mol. The molecule has 0 amide bonds. The summed E-state index contributed by atoms with van der Waals surface area (Å²) in [6.07, 6.45) is 0. The molecule has 0 spiro atoms. The summed E-state index contributed by atoms with van der Waals surface area (Å²) in [6.45, 7) is 0. The number of nitro benzene ring substituents is 1. The fourth-order valence-electron chi connectivity index (χ4n) is 1.46. The van der Waals surface area contributed by atoms with Crippen LogP contribution in [0, 0.1) is 10.1 Å². The highest BCUT2D eigenvalue weighted by Crippen LogP contribution is 2.19. The Labute approximate surface area is 110 Å². The molecule has 6 nitrogen and oxygen atoms in total. The van der Waals surface area contributed by atoms with Crippen LogP contribution in [0.5, 0.6) is 0 Å². The van der Waals surface area contributed by atoms with Gasteiger partial charge in [-0.25, -0.2) is 5.01 Å². The second kappa shape index (κ2) is 5.72. The number of nitro groups is 1. The van der Waals surface area contributed by atoms with Crippen molar-refractivity contribution in [3.05, 3.63) is 64.7 Å². The smallest absolute Gasteiger partial charge is 0.258 e. The van der Waals surface area contributed by atoms with Gasteiger partial charge in [-0.2, -0.15) is 0 Å². The highest BCUT2D eigenvalue weighted by molar-refractivity contribution is 5.45. The largest absolute Gasteiger partial charge is 0.269 e. The molecule has 0 atom stereocenters. The molecule has 0 aliphatic rings. The van der Waals surface area contributed by atoms with E-state index in [1.807, 2.05) is 30.3 Å². The van der Waals surface area contributed by atoms with Gasteiger partial charge in [-0.1, -0.05) is 23.4 Å². The minimum atomic E-state index is -0.447. The van der Waals surface area contributed by atoms with Crippen molar-refractivity contribution in [2.45, 2.75) is 0 Å². The van der Waals surface area contributed by atoms with Gasteiger partial charge in [-0.15, -0.1) is 5.11 Å². The van der Waals surface area contributed by atoms with Gasteiger partial charge in [0.25, 0.3) is 5.69 Å². The van der Waals surface area contributed by atoms with Crippen LogP contribution in [0.15, 0.2) is 64.9 Å². The lowest BCUT2D eigenvalue weighted by atomic mass is 10.3. The summed E-state index contributed by atoms with van der Waals surface area (Å²) in [6, 6.07) is 15.5. The predicted octanol–water partition coefficient (Wildman–Crippen LogP) is 3.73. The average Bonchev–Trinajstić information content (AvgIpc) is 2.46. The molecular formula is C13H12N4O2. The number of para-hydroxylation sites is 1. The van der Waals surface area contributed by atoms with Crippen molar-refractivity contribution in [1.82, 2.24) is 0 Å². The van der Waals surface area contributed by atoms with Gasteiger partial charge < -0.3 is 0 Å². The van der Waals surface area contributed by atoms with Crippen LogP contribution in [0.2, 0.25) is 0 Å². The molecule has 0 heterocycles. The van der Waals surface area contributed by atoms with Gasteiger partial charge in [-0.3, -0.25) is 10.1 Å². The van der Waals surface area contributed by atoms with Gasteiger partial charge >= 0.3 is 0 Å². The van der Waals surface area contributed by atoms with E-state index < -0.39 is 4.92 Å². The van der Waals surface area contributed by atoms with E-state index in [1.165, 1.54) is 12.1 Å². The van der Waals surface area contributed by atoms with Crippen molar-refractivity contribution >= 4 is 17.1 Å². The molecule has 0 unspecified atom stereocenters. The third kappa shape index (κ3) is 3.35. The number of rotatable bonds is 4. The molecule has 0 aliphatic heterocycles. The molecule has 2 aromatic carbocycles. The van der Waals surface area contributed by atoms with E-state index in [4.69, 9.17) is 0 Å². The summed E-state index contributed by atoms with van der Waals surface area (Å²) in [7, 11) is 1.78. The van der Waals surface area contributed by atoms with Gasteiger partial charge in [0.15, 0.2) is 0 Å². The van der Waals surface area contributed by atoms with E-state index in [9.17, 15) is 10.1 Å². The highest BCUT2D eigenvalue weighted by atomic mass is 16.6. The zero-order valence-electron chi connectivity index (χ0n) is 10.3. The summed E-state index contributed by atoms with van der Waals surface area (Å²) >= 11 is 0. The lowest BCUT2D eigenvalue weighted by Gasteiger charge is -2.10. The summed E-state index contributed by atoms with van der Waals surface area (Å²) in [5.74, 6) is 0. The van der Waals surface area contributed by atoms with E-state index in [2.05, 4.69) is 10.3 Å². The average molecular weight is 256 g/mol. The van der Waals surface area contributed by atoms with E-state index in [0.717, 1.165) is 5.69 Å². The Morgan fingerprint density at radius 2 is 1.68 bits per heavy atom. The molecule has 0 saturated heterocycles. The van der Waals surface area contributed by atoms with E-state index in [0.29, 0.717) is 5.69 Å². The fourth-order valence-corrected chi connectivity index (χ4v) is 1.46. The van der Waals surface area contributed by atoms with Gasteiger partial charge in [-0.05, 0) is 24.3 Å². The maximum Gasteiger partial charge on any atom is 0.269 e. The second-order valence-electron chi connectivity index (χ2n) is 3.82. The SMILES string of the molecule is CN(N=Nc1ccc([N+](=O)[O-])cc1)c1ccccc1. The lowest BCUT2D eigenvalue weighted by molar-refractivity contribution is -0.384. The number of anilines is 1. The van der Waals surface area contributed by atoms with Gasteiger partial charge in [0.05, 0.1) is 16.3 Å². The first-order valence-corrected chi connectivity index (χ1v) is 5.62. The third-order valence-electron chi connectivity index (χ3n) is 2.48. The van der Waals surface area contributed by atoms with Crippen LogP contribution in [0.3, 0.4) is 0 Å². The molecular weight excluding hydrogens is 244 g/mol. The minimum Gasteiger partial charge on any atom is -0.258 e. The van der Waals surface area contributed by atoms with Crippen LogP contribution in [0.1, 0.15) is 0 Å². The standard InChI is InChI=1S/C13H12N4O2/c1-16(12-5-3-2-4-6-12)15-14-11-7-9-13(10-8-11)17(18)19/h2-10H,1H3. The van der Waals surface area contributed by atoms with Crippen LogP contribution in [0.4, 0.5) is 17.1 Å². The first kappa shape index (κ1) is 12.7.